The van der Waals surface area contributed by atoms with Crippen LogP contribution in [-0.4, -0.2) is 42.0 Å². The van der Waals surface area contributed by atoms with Crippen LogP contribution in [0, 0.1) is 5.92 Å². The van der Waals surface area contributed by atoms with E-state index in [0.717, 1.165) is 28.6 Å². The summed E-state index contributed by atoms with van der Waals surface area (Å²) in [6.45, 7) is 2.67. The van der Waals surface area contributed by atoms with Crippen molar-refractivity contribution in [2.45, 2.75) is 31.2 Å². The number of ether oxygens (including phenoxy) is 2. The molecule has 0 bridgehead atoms. The molecule has 1 unspecified atom stereocenters. The molecule has 23 heavy (non-hydrogen) atoms. The number of rotatable bonds is 6. The standard InChI is InChI=1S/C16H20N2O3S2/c1-10-3-4-11-12(7-10)23-16-14(11)15(17-9-18-16)22-6-5-21-13(19)8-20-2/h9-10H,3-8H2,1-2H3. The Morgan fingerprint density at radius 1 is 1.48 bits per heavy atom. The Kier molecular flexibility index (Phi) is 5.50. The lowest BCUT2D eigenvalue weighted by molar-refractivity contribution is -0.147. The summed E-state index contributed by atoms with van der Waals surface area (Å²) in [5.41, 5.74) is 1.43. The van der Waals surface area contributed by atoms with Crippen molar-refractivity contribution in [1.82, 2.24) is 9.97 Å². The van der Waals surface area contributed by atoms with E-state index in [9.17, 15) is 4.79 Å². The number of hydrogen-bond acceptors (Lipinski definition) is 7. The molecule has 0 radical (unpaired) electrons. The van der Waals surface area contributed by atoms with Crippen LogP contribution in [0.1, 0.15) is 23.8 Å². The van der Waals surface area contributed by atoms with Crippen molar-refractivity contribution in [2.75, 3.05) is 26.1 Å². The van der Waals surface area contributed by atoms with Crippen LogP contribution in [0.3, 0.4) is 0 Å². The predicted octanol–water partition coefficient (Wildman–Crippen LogP) is 3.10. The Labute approximate surface area is 143 Å². The van der Waals surface area contributed by atoms with Gasteiger partial charge in [-0.3, -0.25) is 0 Å². The number of nitrogens with zero attached hydrogens (tertiary/aromatic N) is 2. The molecular formula is C16H20N2O3S2. The number of methoxy groups -OCH3 is 1. The number of thiophene rings is 1. The van der Waals surface area contributed by atoms with Crippen molar-refractivity contribution in [3.8, 4) is 0 Å². The van der Waals surface area contributed by atoms with Gasteiger partial charge in [-0.05, 0) is 30.7 Å². The van der Waals surface area contributed by atoms with Gasteiger partial charge in [-0.2, -0.15) is 0 Å². The number of carbonyl (C=O) groups is 1. The van der Waals surface area contributed by atoms with Crippen LogP contribution in [0.5, 0.6) is 0 Å². The van der Waals surface area contributed by atoms with E-state index in [4.69, 9.17) is 9.47 Å². The fourth-order valence-corrected chi connectivity index (χ4v) is 5.07. The minimum Gasteiger partial charge on any atom is -0.463 e. The van der Waals surface area contributed by atoms with Gasteiger partial charge in [-0.1, -0.05) is 6.92 Å². The Morgan fingerprint density at radius 3 is 3.17 bits per heavy atom. The summed E-state index contributed by atoms with van der Waals surface area (Å²) in [6.07, 6.45) is 5.12. The minimum absolute atomic E-state index is 0.00135. The van der Waals surface area contributed by atoms with Crippen LogP contribution in [0.15, 0.2) is 11.4 Å². The maximum absolute atomic E-state index is 11.3. The smallest absolute Gasteiger partial charge is 0.332 e. The van der Waals surface area contributed by atoms with Crippen LogP contribution >= 0.6 is 23.1 Å². The van der Waals surface area contributed by atoms with Gasteiger partial charge in [0, 0.05) is 23.1 Å². The maximum Gasteiger partial charge on any atom is 0.332 e. The zero-order valence-corrected chi connectivity index (χ0v) is 15.0. The molecule has 1 aliphatic carbocycles. The molecule has 2 aromatic heterocycles. The van der Waals surface area contributed by atoms with Gasteiger partial charge < -0.3 is 9.47 Å². The fraction of sp³-hybridized carbons (Fsp3) is 0.562. The first-order valence-corrected chi connectivity index (χ1v) is 9.52. The molecule has 1 atom stereocenters. The molecule has 2 heterocycles. The van der Waals surface area contributed by atoms with E-state index in [0.29, 0.717) is 12.4 Å². The molecule has 0 fully saturated rings. The molecule has 0 aromatic carbocycles. The zero-order chi connectivity index (χ0) is 16.2. The summed E-state index contributed by atoms with van der Waals surface area (Å²) in [4.78, 5) is 22.7. The van der Waals surface area contributed by atoms with Gasteiger partial charge in [0.25, 0.3) is 0 Å². The lowest BCUT2D eigenvalue weighted by atomic mass is 9.89. The molecule has 7 heteroatoms. The third-order valence-corrected chi connectivity index (χ3v) is 6.02. The lowest BCUT2D eigenvalue weighted by Crippen LogP contribution is -2.13. The van der Waals surface area contributed by atoms with Gasteiger partial charge in [0.15, 0.2) is 0 Å². The quantitative estimate of drug-likeness (QED) is 0.345. The van der Waals surface area contributed by atoms with Crippen molar-refractivity contribution in [1.29, 1.82) is 0 Å². The molecule has 124 valence electrons. The number of esters is 1. The summed E-state index contributed by atoms with van der Waals surface area (Å²) >= 11 is 3.43. The van der Waals surface area contributed by atoms with Gasteiger partial charge in [-0.15, -0.1) is 23.1 Å². The van der Waals surface area contributed by atoms with E-state index >= 15 is 0 Å². The second kappa shape index (κ2) is 7.59. The average Bonchev–Trinajstić information content (AvgIpc) is 2.89. The highest BCUT2D eigenvalue weighted by molar-refractivity contribution is 7.99. The predicted molar refractivity (Wildman–Crippen MR) is 92.2 cm³/mol. The first-order valence-electron chi connectivity index (χ1n) is 7.71. The Bertz CT molecular complexity index is 702. The SMILES string of the molecule is COCC(=O)OCCSc1ncnc2sc3c(c12)CCC(C)C3. The normalized spacial score (nSPS) is 17.2. The van der Waals surface area contributed by atoms with E-state index in [-0.39, 0.29) is 12.6 Å². The molecule has 2 aromatic rings. The van der Waals surface area contributed by atoms with Gasteiger partial charge in [0.2, 0.25) is 0 Å². The number of carbonyl (C=O) groups excluding carboxylic acids is 1. The van der Waals surface area contributed by atoms with E-state index in [2.05, 4.69) is 16.9 Å². The molecule has 0 amide bonds. The van der Waals surface area contributed by atoms with Crippen molar-refractivity contribution in [2.24, 2.45) is 5.92 Å². The summed E-state index contributed by atoms with van der Waals surface area (Å²) in [5.74, 6) is 1.10. The maximum atomic E-state index is 11.3. The van der Waals surface area contributed by atoms with Crippen LogP contribution in [-0.2, 0) is 27.1 Å². The number of aromatic nitrogens is 2. The van der Waals surface area contributed by atoms with Crippen LogP contribution in [0.4, 0.5) is 0 Å². The molecular weight excluding hydrogens is 332 g/mol. The van der Waals surface area contributed by atoms with Gasteiger partial charge in [0.1, 0.15) is 29.4 Å². The second-order valence-corrected chi connectivity index (χ2v) is 7.88. The van der Waals surface area contributed by atoms with Crippen LogP contribution < -0.4 is 0 Å². The third-order valence-electron chi connectivity index (χ3n) is 3.90. The highest BCUT2D eigenvalue weighted by Gasteiger charge is 2.23. The fourth-order valence-electron chi connectivity index (χ4n) is 2.81. The van der Waals surface area contributed by atoms with Gasteiger partial charge >= 0.3 is 5.97 Å². The van der Waals surface area contributed by atoms with E-state index in [1.165, 1.54) is 29.4 Å². The van der Waals surface area contributed by atoms with Crippen LogP contribution in [0.25, 0.3) is 10.2 Å². The van der Waals surface area contributed by atoms with E-state index in [1.54, 1.807) is 29.4 Å². The Balaban J connectivity index is 1.70. The summed E-state index contributed by atoms with van der Waals surface area (Å²) in [5, 5.41) is 2.22. The molecule has 0 saturated heterocycles. The second-order valence-electron chi connectivity index (χ2n) is 5.71. The topological polar surface area (TPSA) is 61.3 Å². The van der Waals surface area contributed by atoms with E-state index in [1.807, 2.05) is 0 Å². The average molecular weight is 352 g/mol. The number of aryl methyl sites for hydroxylation is 1. The van der Waals surface area contributed by atoms with Crippen molar-refractivity contribution < 1.29 is 14.3 Å². The highest BCUT2D eigenvalue weighted by Crippen LogP contribution is 2.40. The number of fused-ring (bicyclic) bond motifs is 3. The third kappa shape index (κ3) is 3.84. The van der Waals surface area contributed by atoms with Gasteiger partial charge in [0.05, 0.1) is 0 Å². The molecule has 3 rings (SSSR count). The zero-order valence-electron chi connectivity index (χ0n) is 13.3. The molecule has 0 N–H and O–H groups in total. The van der Waals surface area contributed by atoms with Crippen molar-refractivity contribution in [3.63, 3.8) is 0 Å². The summed E-state index contributed by atoms with van der Waals surface area (Å²) in [6, 6.07) is 0. The van der Waals surface area contributed by atoms with Gasteiger partial charge in [-0.25, -0.2) is 14.8 Å². The minimum atomic E-state index is -0.331. The molecule has 1 aliphatic rings. The summed E-state index contributed by atoms with van der Waals surface area (Å²) in [7, 11) is 1.48. The highest BCUT2D eigenvalue weighted by atomic mass is 32.2. The molecule has 0 aliphatic heterocycles. The van der Waals surface area contributed by atoms with Crippen molar-refractivity contribution >= 4 is 39.3 Å². The van der Waals surface area contributed by atoms with E-state index < -0.39 is 0 Å². The molecule has 5 nitrogen and oxygen atoms in total. The first kappa shape index (κ1) is 16.7. The molecule has 0 spiro atoms. The lowest BCUT2D eigenvalue weighted by Gasteiger charge is -2.18. The largest absolute Gasteiger partial charge is 0.463 e. The Hall–Kier alpha value is -1.18. The summed E-state index contributed by atoms with van der Waals surface area (Å²) < 4.78 is 9.84. The first-order chi connectivity index (χ1) is 11.2. The van der Waals surface area contributed by atoms with Crippen molar-refractivity contribution in [3.05, 3.63) is 16.8 Å². The monoisotopic (exact) mass is 352 g/mol. The molecule has 0 saturated carbocycles. The number of hydrogen-bond donors (Lipinski definition) is 0. The number of thioether (sulfide) groups is 1. The van der Waals surface area contributed by atoms with Crippen LogP contribution in [0.2, 0.25) is 0 Å². The Morgan fingerprint density at radius 2 is 2.35 bits per heavy atom.